The van der Waals surface area contributed by atoms with Gasteiger partial charge in [0.15, 0.2) is 0 Å². The van der Waals surface area contributed by atoms with Crippen LogP contribution < -0.4 is 10.2 Å². The number of nitrogens with zero attached hydrogens (tertiary/aromatic N) is 1. The fourth-order valence-electron chi connectivity index (χ4n) is 2.89. The molecule has 1 aliphatic heterocycles. The number of halogens is 1. The Balaban J connectivity index is 1.41. The minimum Gasteiger partial charge on any atom is -0.378 e. The molecule has 0 saturated carbocycles. The van der Waals surface area contributed by atoms with Gasteiger partial charge in [-0.25, -0.2) is 0 Å². The summed E-state index contributed by atoms with van der Waals surface area (Å²) >= 11 is 3.37. The molecule has 2 aromatic carbocycles. The molecule has 2 aromatic rings. The van der Waals surface area contributed by atoms with E-state index in [-0.39, 0.29) is 5.91 Å². The lowest BCUT2D eigenvalue weighted by Gasteiger charge is -2.28. The van der Waals surface area contributed by atoms with Gasteiger partial charge in [0, 0.05) is 35.4 Å². The summed E-state index contributed by atoms with van der Waals surface area (Å²) in [6, 6.07) is 16.1. The van der Waals surface area contributed by atoms with E-state index in [1.165, 1.54) is 11.3 Å². The van der Waals surface area contributed by atoms with Crippen molar-refractivity contribution in [2.75, 3.05) is 37.7 Å². The third-order valence-corrected chi connectivity index (χ3v) is 4.88. The number of ether oxygens (including phenoxy) is 1. The Hall–Kier alpha value is -1.85. The number of nitrogens with one attached hydrogen (secondary N) is 1. The molecule has 1 amide bonds. The molecule has 1 saturated heterocycles. The first-order valence-electron chi connectivity index (χ1n) is 8.68. The summed E-state index contributed by atoms with van der Waals surface area (Å²) < 4.78 is 6.37. The monoisotopic (exact) mass is 402 g/mol. The molecule has 1 heterocycles. The number of carbonyl (C=O) groups excluding carboxylic acids is 1. The number of rotatable bonds is 6. The highest BCUT2D eigenvalue weighted by Gasteiger charge is 2.10. The zero-order valence-electron chi connectivity index (χ0n) is 14.2. The molecule has 0 bridgehead atoms. The lowest BCUT2D eigenvalue weighted by molar-refractivity contribution is 0.0953. The van der Waals surface area contributed by atoms with Gasteiger partial charge in [-0.05, 0) is 54.8 Å². The minimum atomic E-state index is -0.0184. The molecule has 25 heavy (non-hydrogen) atoms. The van der Waals surface area contributed by atoms with Gasteiger partial charge in [-0.1, -0.05) is 28.1 Å². The molecule has 0 aliphatic carbocycles. The highest BCUT2D eigenvalue weighted by molar-refractivity contribution is 9.10. The van der Waals surface area contributed by atoms with Crippen LogP contribution in [0.3, 0.4) is 0 Å². The van der Waals surface area contributed by atoms with Gasteiger partial charge in [0.25, 0.3) is 5.91 Å². The van der Waals surface area contributed by atoms with E-state index in [9.17, 15) is 4.79 Å². The molecule has 0 radical (unpaired) electrons. The highest BCUT2D eigenvalue weighted by atomic mass is 79.9. The largest absolute Gasteiger partial charge is 0.378 e. The molecule has 1 fully saturated rings. The van der Waals surface area contributed by atoms with Gasteiger partial charge in [-0.15, -0.1) is 0 Å². The van der Waals surface area contributed by atoms with E-state index in [0.717, 1.165) is 43.6 Å². The smallest absolute Gasteiger partial charge is 0.251 e. The lowest BCUT2D eigenvalue weighted by Crippen LogP contribution is -2.36. The highest BCUT2D eigenvalue weighted by Crippen LogP contribution is 2.17. The maximum Gasteiger partial charge on any atom is 0.251 e. The Morgan fingerprint density at radius 1 is 1.04 bits per heavy atom. The van der Waals surface area contributed by atoms with Crippen molar-refractivity contribution in [3.05, 3.63) is 64.1 Å². The van der Waals surface area contributed by atoms with E-state index < -0.39 is 0 Å². The maximum absolute atomic E-state index is 12.0. The van der Waals surface area contributed by atoms with Crippen LogP contribution >= 0.6 is 15.9 Å². The molecule has 1 N–H and O–H groups in total. The molecular weight excluding hydrogens is 380 g/mol. The number of anilines is 1. The number of hydrogen-bond donors (Lipinski definition) is 1. The molecule has 0 aromatic heterocycles. The van der Waals surface area contributed by atoms with Crippen molar-refractivity contribution in [1.82, 2.24) is 5.32 Å². The standard InChI is InChI=1S/C20H23BrN2O2/c21-18-7-5-17(6-8-18)20(24)22-11-1-2-16-3-9-19(10-4-16)23-12-14-25-15-13-23/h3-10H,1-2,11-15H2,(H,22,24). The zero-order valence-corrected chi connectivity index (χ0v) is 15.8. The Bertz CT molecular complexity index is 680. The molecule has 4 nitrogen and oxygen atoms in total. The van der Waals surface area contributed by atoms with Crippen LogP contribution in [0.4, 0.5) is 5.69 Å². The van der Waals surface area contributed by atoms with Crippen LogP contribution in [0.25, 0.3) is 0 Å². The molecule has 5 heteroatoms. The van der Waals surface area contributed by atoms with E-state index in [1.807, 2.05) is 24.3 Å². The van der Waals surface area contributed by atoms with Crippen molar-refractivity contribution < 1.29 is 9.53 Å². The second kappa shape index (κ2) is 9.02. The Kier molecular flexibility index (Phi) is 6.48. The molecule has 3 rings (SSSR count). The Labute approximate surface area is 157 Å². The summed E-state index contributed by atoms with van der Waals surface area (Å²) in [5.41, 5.74) is 3.25. The second-order valence-corrected chi connectivity index (χ2v) is 7.05. The topological polar surface area (TPSA) is 41.6 Å². The van der Waals surface area contributed by atoms with Gasteiger partial charge < -0.3 is 15.0 Å². The van der Waals surface area contributed by atoms with Crippen LogP contribution in [0.5, 0.6) is 0 Å². The van der Waals surface area contributed by atoms with Gasteiger partial charge in [0.05, 0.1) is 13.2 Å². The number of amides is 1. The van der Waals surface area contributed by atoms with E-state index >= 15 is 0 Å². The van der Waals surface area contributed by atoms with Gasteiger partial charge in [-0.3, -0.25) is 4.79 Å². The van der Waals surface area contributed by atoms with Crippen LogP contribution in [0.2, 0.25) is 0 Å². The number of hydrogen-bond acceptors (Lipinski definition) is 3. The summed E-state index contributed by atoms with van der Waals surface area (Å²) in [6.45, 7) is 4.21. The van der Waals surface area contributed by atoms with Crippen molar-refractivity contribution in [2.24, 2.45) is 0 Å². The van der Waals surface area contributed by atoms with Gasteiger partial charge in [-0.2, -0.15) is 0 Å². The van der Waals surface area contributed by atoms with Crippen molar-refractivity contribution in [3.8, 4) is 0 Å². The SMILES string of the molecule is O=C(NCCCc1ccc(N2CCOCC2)cc1)c1ccc(Br)cc1. The first-order chi connectivity index (χ1) is 12.2. The third-order valence-electron chi connectivity index (χ3n) is 4.35. The summed E-state index contributed by atoms with van der Waals surface area (Å²) in [7, 11) is 0. The number of benzene rings is 2. The number of carbonyl (C=O) groups is 1. The zero-order chi connectivity index (χ0) is 17.5. The molecule has 0 atom stereocenters. The van der Waals surface area contributed by atoms with Crippen LogP contribution in [0.15, 0.2) is 53.0 Å². The van der Waals surface area contributed by atoms with E-state index in [4.69, 9.17) is 4.74 Å². The first-order valence-corrected chi connectivity index (χ1v) is 9.47. The molecule has 0 unspecified atom stereocenters. The lowest BCUT2D eigenvalue weighted by atomic mass is 10.1. The summed E-state index contributed by atoms with van der Waals surface area (Å²) in [5.74, 6) is -0.0184. The van der Waals surface area contributed by atoms with Crippen LogP contribution in [-0.4, -0.2) is 38.8 Å². The normalized spacial score (nSPS) is 14.4. The summed E-state index contributed by atoms with van der Waals surface area (Å²) in [5, 5.41) is 2.98. The third kappa shape index (κ3) is 5.31. The fourth-order valence-corrected chi connectivity index (χ4v) is 3.16. The van der Waals surface area contributed by atoms with Gasteiger partial charge >= 0.3 is 0 Å². The van der Waals surface area contributed by atoms with Crippen LogP contribution in [0.1, 0.15) is 22.3 Å². The second-order valence-electron chi connectivity index (χ2n) is 6.13. The van der Waals surface area contributed by atoms with Crippen LogP contribution in [-0.2, 0) is 11.2 Å². The van der Waals surface area contributed by atoms with Crippen molar-refractivity contribution in [3.63, 3.8) is 0 Å². The average Bonchev–Trinajstić information content (AvgIpc) is 2.67. The predicted molar refractivity (Wildman–Crippen MR) is 104 cm³/mol. The summed E-state index contributed by atoms with van der Waals surface area (Å²) in [4.78, 5) is 14.4. The summed E-state index contributed by atoms with van der Waals surface area (Å²) in [6.07, 6.45) is 1.89. The van der Waals surface area contributed by atoms with E-state index in [2.05, 4.69) is 50.4 Å². The molecule has 0 spiro atoms. The number of morpholine rings is 1. The van der Waals surface area contributed by atoms with Gasteiger partial charge in [0.2, 0.25) is 0 Å². The van der Waals surface area contributed by atoms with E-state index in [0.29, 0.717) is 12.1 Å². The average molecular weight is 403 g/mol. The molecular formula is C20H23BrN2O2. The van der Waals surface area contributed by atoms with Crippen molar-refractivity contribution >= 4 is 27.5 Å². The van der Waals surface area contributed by atoms with E-state index in [1.54, 1.807) is 0 Å². The van der Waals surface area contributed by atoms with Crippen LogP contribution in [0, 0.1) is 0 Å². The maximum atomic E-state index is 12.0. The Morgan fingerprint density at radius 3 is 2.40 bits per heavy atom. The molecule has 132 valence electrons. The van der Waals surface area contributed by atoms with Gasteiger partial charge in [0.1, 0.15) is 0 Å². The number of aryl methyl sites for hydroxylation is 1. The minimum absolute atomic E-state index is 0.0184. The quantitative estimate of drug-likeness (QED) is 0.749. The van der Waals surface area contributed by atoms with Crippen molar-refractivity contribution in [1.29, 1.82) is 0 Å². The van der Waals surface area contributed by atoms with Crippen molar-refractivity contribution in [2.45, 2.75) is 12.8 Å². The first kappa shape index (κ1) is 18.0. The predicted octanol–water partition coefficient (Wildman–Crippen LogP) is 3.65. The molecule has 1 aliphatic rings. The Morgan fingerprint density at radius 2 is 1.72 bits per heavy atom. The fraction of sp³-hybridized carbons (Fsp3) is 0.350.